The van der Waals surface area contributed by atoms with Crippen LogP contribution in [-0.2, 0) is 10.0 Å². The summed E-state index contributed by atoms with van der Waals surface area (Å²) in [6.45, 7) is 4.93. The summed E-state index contributed by atoms with van der Waals surface area (Å²) in [6, 6.07) is 4.63. The standard InChI is InChI=1S/C12H16N2O2S/c1-5-12(3,4)14-17(15,16)11-7-6-10(13)8-9(11)2/h1,6-8,14H,13H2,2-4H3. The van der Waals surface area contributed by atoms with Gasteiger partial charge in [0.05, 0.1) is 10.4 Å². The summed E-state index contributed by atoms with van der Waals surface area (Å²) in [6.07, 6.45) is 5.26. The van der Waals surface area contributed by atoms with Crippen LogP contribution in [0.1, 0.15) is 19.4 Å². The molecule has 0 heterocycles. The molecule has 0 aliphatic rings. The third-order valence-corrected chi connectivity index (χ3v) is 4.05. The maximum atomic E-state index is 12.1. The molecule has 17 heavy (non-hydrogen) atoms. The molecule has 0 aliphatic carbocycles. The Bertz CT molecular complexity index is 569. The van der Waals surface area contributed by atoms with Gasteiger partial charge >= 0.3 is 0 Å². The van der Waals surface area contributed by atoms with Crippen molar-refractivity contribution >= 4 is 15.7 Å². The lowest BCUT2D eigenvalue weighted by atomic mass is 10.1. The van der Waals surface area contributed by atoms with E-state index in [1.54, 1.807) is 32.9 Å². The number of nitrogens with two attached hydrogens (primary N) is 1. The van der Waals surface area contributed by atoms with Crippen molar-refractivity contribution in [2.75, 3.05) is 5.73 Å². The van der Waals surface area contributed by atoms with Crippen LogP contribution in [0, 0.1) is 19.3 Å². The van der Waals surface area contributed by atoms with Gasteiger partial charge in [0.25, 0.3) is 0 Å². The van der Waals surface area contributed by atoms with Crippen LogP contribution in [0.3, 0.4) is 0 Å². The number of benzene rings is 1. The highest BCUT2D eigenvalue weighted by Gasteiger charge is 2.25. The molecule has 0 spiro atoms. The Balaban J connectivity index is 3.20. The minimum absolute atomic E-state index is 0.190. The largest absolute Gasteiger partial charge is 0.399 e. The van der Waals surface area contributed by atoms with Crippen LogP contribution in [0.25, 0.3) is 0 Å². The molecule has 0 amide bonds. The van der Waals surface area contributed by atoms with Gasteiger partial charge in [0, 0.05) is 5.69 Å². The van der Waals surface area contributed by atoms with Gasteiger partial charge in [-0.25, -0.2) is 8.42 Å². The molecule has 0 unspecified atom stereocenters. The molecule has 5 heteroatoms. The third kappa shape index (κ3) is 3.22. The van der Waals surface area contributed by atoms with Crippen molar-refractivity contribution in [3.05, 3.63) is 23.8 Å². The summed E-state index contributed by atoms with van der Waals surface area (Å²) in [5, 5.41) is 0. The third-order valence-electron chi connectivity index (χ3n) is 2.24. The van der Waals surface area contributed by atoms with Crippen LogP contribution >= 0.6 is 0 Å². The molecule has 1 aromatic rings. The molecule has 4 nitrogen and oxygen atoms in total. The lowest BCUT2D eigenvalue weighted by Crippen LogP contribution is -2.42. The smallest absolute Gasteiger partial charge is 0.242 e. The van der Waals surface area contributed by atoms with E-state index in [0.717, 1.165) is 0 Å². The normalized spacial score (nSPS) is 12.1. The van der Waals surface area contributed by atoms with E-state index < -0.39 is 15.6 Å². The molecule has 1 rings (SSSR count). The Labute approximate surface area is 102 Å². The van der Waals surface area contributed by atoms with Crippen molar-refractivity contribution in [3.8, 4) is 12.3 Å². The van der Waals surface area contributed by atoms with Gasteiger partial charge in [-0.15, -0.1) is 6.42 Å². The van der Waals surface area contributed by atoms with Crippen LogP contribution in [0.15, 0.2) is 23.1 Å². The van der Waals surface area contributed by atoms with E-state index in [1.165, 1.54) is 6.07 Å². The maximum absolute atomic E-state index is 12.1. The molecule has 0 aliphatic heterocycles. The second kappa shape index (κ2) is 4.40. The van der Waals surface area contributed by atoms with Gasteiger partial charge in [0.2, 0.25) is 10.0 Å². The van der Waals surface area contributed by atoms with E-state index in [9.17, 15) is 8.42 Å². The Kier molecular flexibility index (Phi) is 3.51. The van der Waals surface area contributed by atoms with Gasteiger partial charge in [-0.2, -0.15) is 4.72 Å². The van der Waals surface area contributed by atoms with Crippen LogP contribution in [0.2, 0.25) is 0 Å². The fourth-order valence-corrected chi connectivity index (χ4v) is 2.97. The second-order valence-corrected chi connectivity index (χ2v) is 6.05. The number of nitrogens with one attached hydrogen (secondary N) is 1. The number of rotatable bonds is 3. The van der Waals surface area contributed by atoms with Crippen LogP contribution in [0.4, 0.5) is 5.69 Å². The molecule has 0 saturated carbocycles. The van der Waals surface area contributed by atoms with E-state index in [-0.39, 0.29) is 4.90 Å². The average molecular weight is 252 g/mol. The fourth-order valence-electron chi connectivity index (χ4n) is 1.39. The molecular formula is C12H16N2O2S. The second-order valence-electron chi connectivity index (χ2n) is 4.40. The molecule has 0 saturated heterocycles. The topological polar surface area (TPSA) is 72.2 Å². The van der Waals surface area contributed by atoms with Crippen LogP contribution in [0.5, 0.6) is 0 Å². The molecule has 0 aromatic heterocycles. The molecule has 0 atom stereocenters. The summed E-state index contributed by atoms with van der Waals surface area (Å²) < 4.78 is 26.6. The summed E-state index contributed by atoms with van der Waals surface area (Å²) in [5.74, 6) is 2.38. The minimum atomic E-state index is -3.63. The highest BCUT2D eigenvalue weighted by Crippen LogP contribution is 2.19. The lowest BCUT2D eigenvalue weighted by molar-refractivity contribution is 0.538. The van der Waals surface area contributed by atoms with Crippen LogP contribution < -0.4 is 10.5 Å². The number of terminal acetylenes is 1. The monoisotopic (exact) mass is 252 g/mol. The summed E-state index contributed by atoms with van der Waals surface area (Å²) in [4.78, 5) is 0.190. The van der Waals surface area contributed by atoms with E-state index >= 15 is 0 Å². The molecule has 0 fully saturated rings. The van der Waals surface area contributed by atoms with E-state index in [1.807, 2.05) is 0 Å². The zero-order valence-electron chi connectivity index (χ0n) is 10.1. The zero-order chi connectivity index (χ0) is 13.3. The Hall–Kier alpha value is -1.51. The van der Waals surface area contributed by atoms with Crippen molar-refractivity contribution in [3.63, 3.8) is 0 Å². The molecule has 0 bridgehead atoms. The molecule has 1 aromatic carbocycles. The van der Waals surface area contributed by atoms with Gasteiger partial charge < -0.3 is 5.73 Å². The van der Waals surface area contributed by atoms with Gasteiger partial charge in [-0.05, 0) is 44.5 Å². The number of hydrogen-bond acceptors (Lipinski definition) is 3. The summed E-state index contributed by atoms with van der Waals surface area (Å²) >= 11 is 0. The van der Waals surface area contributed by atoms with Gasteiger partial charge in [-0.3, -0.25) is 0 Å². The van der Waals surface area contributed by atoms with Gasteiger partial charge in [0.15, 0.2) is 0 Å². The highest BCUT2D eigenvalue weighted by molar-refractivity contribution is 7.89. The van der Waals surface area contributed by atoms with Gasteiger partial charge in [-0.1, -0.05) is 5.92 Å². The summed E-state index contributed by atoms with van der Waals surface area (Å²) in [5.41, 5.74) is 5.77. The van der Waals surface area contributed by atoms with Crippen molar-refractivity contribution in [1.29, 1.82) is 0 Å². The van der Waals surface area contributed by atoms with Crippen molar-refractivity contribution < 1.29 is 8.42 Å². The first-order valence-electron chi connectivity index (χ1n) is 5.06. The fraction of sp³-hybridized carbons (Fsp3) is 0.333. The number of sulfonamides is 1. The maximum Gasteiger partial charge on any atom is 0.242 e. The van der Waals surface area contributed by atoms with Crippen molar-refractivity contribution in [2.24, 2.45) is 0 Å². The first-order valence-corrected chi connectivity index (χ1v) is 6.54. The van der Waals surface area contributed by atoms with Crippen molar-refractivity contribution in [1.82, 2.24) is 4.72 Å². The number of hydrogen-bond donors (Lipinski definition) is 2. The minimum Gasteiger partial charge on any atom is -0.399 e. The van der Waals surface area contributed by atoms with E-state index in [4.69, 9.17) is 12.2 Å². The zero-order valence-corrected chi connectivity index (χ0v) is 10.9. The molecule has 3 N–H and O–H groups in total. The predicted molar refractivity (Wildman–Crippen MR) is 68.8 cm³/mol. The van der Waals surface area contributed by atoms with E-state index in [0.29, 0.717) is 11.3 Å². The average Bonchev–Trinajstić information content (AvgIpc) is 2.15. The Morgan fingerprint density at radius 3 is 2.47 bits per heavy atom. The molecule has 0 radical (unpaired) electrons. The molecule has 92 valence electrons. The predicted octanol–water partition coefficient (Wildman–Crippen LogP) is 1.27. The van der Waals surface area contributed by atoms with Gasteiger partial charge in [0.1, 0.15) is 0 Å². The first kappa shape index (κ1) is 13.6. The number of aryl methyl sites for hydroxylation is 1. The van der Waals surface area contributed by atoms with Crippen LogP contribution in [-0.4, -0.2) is 14.0 Å². The molecular weight excluding hydrogens is 236 g/mol. The summed E-state index contributed by atoms with van der Waals surface area (Å²) in [7, 11) is -3.63. The lowest BCUT2D eigenvalue weighted by Gasteiger charge is -2.20. The highest BCUT2D eigenvalue weighted by atomic mass is 32.2. The number of anilines is 1. The first-order chi connectivity index (χ1) is 7.68. The SMILES string of the molecule is C#CC(C)(C)NS(=O)(=O)c1ccc(N)cc1C. The number of nitrogen functional groups attached to an aromatic ring is 1. The Morgan fingerprint density at radius 2 is 2.00 bits per heavy atom. The van der Waals surface area contributed by atoms with E-state index in [2.05, 4.69) is 10.6 Å². The quantitative estimate of drug-likeness (QED) is 0.628. The van der Waals surface area contributed by atoms with Crippen molar-refractivity contribution in [2.45, 2.75) is 31.2 Å². The Morgan fingerprint density at radius 1 is 1.41 bits per heavy atom.